The molecule has 0 amide bonds. The number of hydrogen-bond acceptors (Lipinski definition) is 3. The van der Waals surface area contributed by atoms with Crippen LogP contribution in [0.4, 0.5) is 0 Å². The van der Waals surface area contributed by atoms with Crippen molar-refractivity contribution in [3.8, 4) is 0 Å². The minimum atomic E-state index is -0.695. The van der Waals surface area contributed by atoms with Gasteiger partial charge in [0.1, 0.15) is 6.04 Å². The first-order valence-corrected chi connectivity index (χ1v) is 5.82. The van der Waals surface area contributed by atoms with Gasteiger partial charge in [-0.3, -0.25) is 4.99 Å². The quantitative estimate of drug-likeness (QED) is 0.713. The Morgan fingerprint density at radius 2 is 2.20 bits per heavy atom. The van der Waals surface area contributed by atoms with Crippen LogP contribution in [0.25, 0.3) is 0 Å². The van der Waals surface area contributed by atoms with Crippen molar-refractivity contribution in [1.82, 2.24) is 4.90 Å². The Hall–Kier alpha value is -1.06. The largest absolute Gasteiger partial charge is 0.480 e. The summed E-state index contributed by atoms with van der Waals surface area (Å²) in [5, 5.41) is 9.09. The molecule has 0 spiro atoms. The van der Waals surface area contributed by atoms with E-state index in [0.29, 0.717) is 0 Å². The van der Waals surface area contributed by atoms with Crippen molar-refractivity contribution in [3.63, 3.8) is 0 Å². The van der Waals surface area contributed by atoms with Gasteiger partial charge in [0.2, 0.25) is 0 Å². The van der Waals surface area contributed by atoms with Gasteiger partial charge < -0.3 is 10.0 Å². The summed E-state index contributed by atoms with van der Waals surface area (Å²) < 4.78 is 0. The first-order valence-electron chi connectivity index (χ1n) is 5.82. The predicted molar refractivity (Wildman–Crippen MR) is 58.1 cm³/mol. The van der Waals surface area contributed by atoms with Crippen molar-refractivity contribution in [1.29, 1.82) is 0 Å². The van der Waals surface area contributed by atoms with Crippen LogP contribution in [0.5, 0.6) is 0 Å². The Bertz CT molecular complexity index is 276. The Kier molecular flexibility index (Phi) is 3.23. The highest BCUT2D eigenvalue weighted by Gasteiger charge is 2.32. The van der Waals surface area contributed by atoms with Gasteiger partial charge in [-0.05, 0) is 25.7 Å². The van der Waals surface area contributed by atoms with E-state index in [-0.39, 0.29) is 6.04 Å². The van der Waals surface area contributed by atoms with Crippen molar-refractivity contribution >= 4 is 11.8 Å². The highest BCUT2D eigenvalue weighted by Crippen LogP contribution is 2.21. The molecule has 0 aromatic rings. The van der Waals surface area contributed by atoms with E-state index in [2.05, 4.69) is 4.99 Å². The lowest BCUT2D eigenvalue weighted by Crippen LogP contribution is -2.40. The topological polar surface area (TPSA) is 52.9 Å². The van der Waals surface area contributed by atoms with Crippen LogP contribution >= 0.6 is 0 Å². The molecule has 2 rings (SSSR count). The zero-order valence-electron chi connectivity index (χ0n) is 8.98. The van der Waals surface area contributed by atoms with E-state index in [1.807, 2.05) is 4.90 Å². The third-order valence-corrected chi connectivity index (χ3v) is 3.22. The van der Waals surface area contributed by atoms with Crippen LogP contribution in [0.3, 0.4) is 0 Å². The van der Waals surface area contributed by atoms with Gasteiger partial charge in [-0.1, -0.05) is 6.42 Å². The van der Waals surface area contributed by atoms with E-state index in [9.17, 15) is 4.79 Å². The molecule has 4 heteroatoms. The van der Waals surface area contributed by atoms with E-state index in [0.717, 1.165) is 51.0 Å². The zero-order chi connectivity index (χ0) is 10.7. The second kappa shape index (κ2) is 4.64. The van der Waals surface area contributed by atoms with Gasteiger partial charge >= 0.3 is 5.97 Å². The summed E-state index contributed by atoms with van der Waals surface area (Å²) >= 11 is 0. The molecule has 2 heterocycles. The SMILES string of the molecule is O=C(O)C1CCCN1C1=NCCCCC1. The van der Waals surface area contributed by atoms with Gasteiger partial charge in [-0.2, -0.15) is 0 Å². The molecule has 0 radical (unpaired) electrons. The van der Waals surface area contributed by atoms with Crippen LogP contribution in [-0.4, -0.2) is 40.9 Å². The highest BCUT2D eigenvalue weighted by atomic mass is 16.4. The van der Waals surface area contributed by atoms with Gasteiger partial charge in [0.15, 0.2) is 0 Å². The molecule has 1 atom stereocenters. The fraction of sp³-hybridized carbons (Fsp3) is 0.818. The van der Waals surface area contributed by atoms with Crippen LogP contribution < -0.4 is 0 Å². The number of carbonyl (C=O) groups is 1. The van der Waals surface area contributed by atoms with Crippen molar-refractivity contribution in [2.24, 2.45) is 4.99 Å². The lowest BCUT2D eigenvalue weighted by atomic mass is 10.2. The Morgan fingerprint density at radius 1 is 1.33 bits per heavy atom. The lowest BCUT2D eigenvalue weighted by Gasteiger charge is -2.24. The Morgan fingerprint density at radius 3 is 3.00 bits per heavy atom. The van der Waals surface area contributed by atoms with E-state index in [1.54, 1.807) is 0 Å². The fourth-order valence-corrected chi connectivity index (χ4v) is 2.43. The number of likely N-dealkylation sites (tertiary alicyclic amines) is 1. The van der Waals surface area contributed by atoms with Crippen molar-refractivity contribution in [3.05, 3.63) is 0 Å². The van der Waals surface area contributed by atoms with Crippen molar-refractivity contribution in [2.45, 2.75) is 44.6 Å². The van der Waals surface area contributed by atoms with Gasteiger partial charge in [0.25, 0.3) is 0 Å². The Balaban J connectivity index is 2.07. The Labute approximate surface area is 90.0 Å². The van der Waals surface area contributed by atoms with Gasteiger partial charge in [0, 0.05) is 19.5 Å². The molecular weight excluding hydrogens is 192 g/mol. The van der Waals surface area contributed by atoms with E-state index >= 15 is 0 Å². The second-order valence-corrected chi connectivity index (χ2v) is 4.30. The maximum Gasteiger partial charge on any atom is 0.326 e. The number of amidine groups is 1. The first kappa shape index (κ1) is 10.5. The molecule has 15 heavy (non-hydrogen) atoms. The average molecular weight is 210 g/mol. The second-order valence-electron chi connectivity index (χ2n) is 4.30. The number of rotatable bonds is 1. The maximum absolute atomic E-state index is 11.0. The standard InChI is InChI=1S/C11H18N2O2/c14-11(15)9-5-4-8-13(9)10-6-2-1-3-7-12-10/h9H,1-8H2,(H,14,15). The predicted octanol–water partition coefficient (Wildman–Crippen LogP) is 1.51. The molecule has 84 valence electrons. The van der Waals surface area contributed by atoms with Crippen LogP contribution in [0.1, 0.15) is 38.5 Å². The number of aliphatic imine (C=N–C) groups is 1. The molecule has 1 unspecified atom stereocenters. The van der Waals surface area contributed by atoms with E-state index < -0.39 is 5.97 Å². The molecule has 0 bridgehead atoms. The molecule has 1 saturated heterocycles. The number of nitrogens with zero attached hydrogens (tertiary/aromatic N) is 2. The summed E-state index contributed by atoms with van der Waals surface area (Å²) in [6.45, 7) is 1.74. The number of carboxylic acids is 1. The zero-order valence-corrected chi connectivity index (χ0v) is 8.98. The molecule has 2 aliphatic heterocycles. The molecule has 0 aromatic heterocycles. The van der Waals surface area contributed by atoms with Crippen molar-refractivity contribution in [2.75, 3.05) is 13.1 Å². The summed E-state index contributed by atoms with van der Waals surface area (Å²) in [7, 11) is 0. The van der Waals surface area contributed by atoms with Crippen LogP contribution in [0.2, 0.25) is 0 Å². The molecular formula is C11H18N2O2. The van der Waals surface area contributed by atoms with Gasteiger partial charge in [-0.25, -0.2) is 4.79 Å². The van der Waals surface area contributed by atoms with Crippen molar-refractivity contribution < 1.29 is 9.90 Å². The number of hydrogen-bond donors (Lipinski definition) is 1. The molecule has 0 aliphatic carbocycles. The fourth-order valence-electron chi connectivity index (χ4n) is 2.43. The van der Waals surface area contributed by atoms with Crippen LogP contribution in [-0.2, 0) is 4.79 Å². The lowest BCUT2D eigenvalue weighted by molar-refractivity contribution is -0.140. The third-order valence-electron chi connectivity index (χ3n) is 3.22. The summed E-state index contributed by atoms with van der Waals surface area (Å²) in [6, 6.07) is -0.318. The number of carboxylic acid groups (broad SMARTS) is 1. The smallest absolute Gasteiger partial charge is 0.326 e. The molecule has 1 fully saturated rings. The van der Waals surface area contributed by atoms with E-state index in [4.69, 9.17) is 5.11 Å². The van der Waals surface area contributed by atoms with Crippen LogP contribution in [0.15, 0.2) is 4.99 Å². The monoisotopic (exact) mass is 210 g/mol. The maximum atomic E-state index is 11.0. The molecule has 4 nitrogen and oxygen atoms in total. The summed E-state index contributed by atoms with van der Waals surface area (Å²) in [5.41, 5.74) is 0. The van der Waals surface area contributed by atoms with E-state index in [1.165, 1.54) is 6.42 Å². The normalized spacial score (nSPS) is 27.3. The highest BCUT2D eigenvalue weighted by molar-refractivity contribution is 5.88. The third kappa shape index (κ3) is 2.30. The first-order chi connectivity index (χ1) is 7.29. The summed E-state index contributed by atoms with van der Waals surface area (Å²) in [5.74, 6) is 0.344. The van der Waals surface area contributed by atoms with Gasteiger partial charge in [0.05, 0.1) is 5.84 Å². The minimum Gasteiger partial charge on any atom is -0.480 e. The van der Waals surface area contributed by atoms with Crippen LogP contribution in [0, 0.1) is 0 Å². The molecule has 0 saturated carbocycles. The average Bonchev–Trinajstić information content (AvgIpc) is 2.55. The molecule has 0 aromatic carbocycles. The molecule has 1 N–H and O–H groups in total. The summed E-state index contributed by atoms with van der Waals surface area (Å²) in [4.78, 5) is 17.6. The number of aliphatic carboxylic acids is 1. The minimum absolute atomic E-state index is 0.318. The molecule has 2 aliphatic rings. The van der Waals surface area contributed by atoms with Gasteiger partial charge in [-0.15, -0.1) is 0 Å². The summed E-state index contributed by atoms with van der Waals surface area (Å²) in [6.07, 6.45) is 6.24.